The van der Waals surface area contributed by atoms with Crippen molar-refractivity contribution >= 4 is 22.5 Å². The number of nitrogens with zero attached hydrogens (tertiary/aromatic N) is 2. The van der Waals surface area contributed by atoms with E-state index in [9.17, 15) is 4.79 Å². The Morgan fingerprint density at radius 3 is 2.77 bits per heavy atom. The normalized spacial score (nSPS) is 10.5. The van der Waals surface area contributed by atoms with E-state index in [1.807, 2.05) is 49.4 Å². The summed E-state index contributed by atoms with van der Waals surface area (Å²) in [6.07, 6.45) is 1.39. The van der Waals surface area contributed by atoms with Crippen molar-refractivity contribution in [3.63, 3.8) is 0 Å². The van der Waals surface area contributed by atoms with Crippen molar-refractivity contribution in [3.05, 3.63) is 60.0 Å². The minimum absolute atomic E-state index is 0.289. The van der Waals surface area contributed by atoms with E-state index in [0.717, 1.165) is 11.1 Å². The maximum absolute atomic E-state index is 12.6. The zero-order chi connectivity index (χ0) is 15.5. The van der Waals surface area contributed by atoms with Gasteiger partial charge in [0.2, 0.25) is 0 Å². The van der Waals surface area contributed by atoms with Gasteiger partial charge in [-0.1, -0.05) is 24.3 Å². The Bertz CT molecular complexity index is 841. The molecule has 1 amide bonds. The molecule has 2 aromatic carbocycles. The van der Waals surface area contributed by atoms with Crippen LogP contribution in [0, 0.1) is 6.92 Å². The van der Waals surface area contributed by atoms with Crippen molar-refractivity contribution in [2.24, 2.45) is 0 Å². The summed E-state index contributed by atoms with van der Waals surface area (Å²) in [7, 11) is 1.57. The van der Waals surface area contributed by atoms with Gasteiger partial charge in [-0.2, -0.15) is 0 Å². The van der Waals surface area contributed by atoms with Gasteiger partial charge in [-0.3, -0.25) is 4.79 Å². The van der Waals surface area contributed by atoms with Gasteiger partial charge in [0.05, 0.1) is 18.3 Å². The number of amides is 1. The predicted molar refractivity (Wildman–Crippen MR) is 85.2 cm³/mol. The summed E-state index contributed by atoms with van der Waals surface area (Å²) >= 11 is 0. The maximum Gasteiger partial charge on any atom is 0.275 e. The lowest BCUT2D eigenvalue weighted by Crippen LogP contribution is -2.15. The second-order valence-electron chi connectivity index (χ2n) is 4.90. The Morgan fingerprint density at radius 1 is 1.14 bits per heavy atom. The van der Waals surface area contributed by atoms with E-state index in [1.54, 1.807) is 7.11 Å². The number of carbonyl (C=O) groups excluding carboxylic acids is 1. The largest absolute Gasteiger partial charge is 0.495 e. The number of rotatable bonds is 3. The average Bonchev–Trinajstić information content (AvgIpc) is 2.54. The molecule has 22 heavy (non-hydrogen) atoms. The van der Waals surface area contributed by atoms with Crippen molar-refractivity contribution < 1.29 is 9.53 Å². The number of aromatic nitrogens is 2. The fraction of sp³-hybridized carbons (Fsp3) is 0.118. The summed E-state index contributed by atoms with van der Waals surface area (Å²) in [5.41, 5.74) is 2.73. The van der Waals surface area contributed by atoms with Crippen molar-refractivity contribution in [1.82, 2.24) is 9.97 Å². The summed E-state index contributed by atoms with van der Waals surface area (Å²) in [6, 6.07) is 13.0. The van der Waals surface area contributed by atoms with Crippen LogP contribution in [0.2, 0.25) is 0 Å². The van der Waals surface area contributed by atoms with Crippen LogP contribution in [0.4, 0.5) is 5.69 Å². The Balaban J connectivity index is 1.99. The molecular formula is C17H15N3O2. The number of fused-ring (bicyclic) bond motifs is 1. The molecule has 0 aliphatic carbocycles. The number of benzene rings is 2. The molecule has 3 aromatic rings. The number of anilines is 1. The molecule has 0 saturated heterocycles. The van der Waals surface area contributed by atoms with Crippen LogP contribution in [0.1, 0.15) is 16.1 Å². The molecule has 0 atom stereocenters. The van der Waals surface area contributed by atoms with Gasteiger partial charge in [-0.15, -0.1) is 0 Å². The van der Waals surface area contributed by atoms with Gasteiger partial charge in [0.15, 0.2) is 0 Å². The van der Waals surface area contributed by atoms with Crippen LogP contribution in [-0.4, -0.2) is 23.0 Å². The van der Waals surface area contributed by atoms with Crippen molar-refractivity contribution in [2.45, 2.75) is 6.92 Å². The first-order valence-corrected chi connectivity index (χ1v) is 6.85. The highest BCUT2D eigenvalue weighted by atomic mass is 16.5. The fourth-order valence-corrected chi connectivity index (χ4v) is 2.29. The molecule has 0 unspecified atom stereocenters. The van der Waals surface area contributed by atoms with Crippen molar-refractivity contribution in [2.75, 3.05) is 12.4 Å². The van der Waals surface area contributed by atoms with Crippen LogP contribution in [0.25, 0.3) is 10.9 Å². The summed E-state index contributed by atoms with van der Waals surface area (Å²) in [5.74, 6) is 0.319. The Hall–Kier alpha value is -2.95. The third-order valence-corrected chi connectivity index (χ3v) is 3.36. The molecule has 1 heterocycles. The zero-order valence-electron chi connectivity index (χ0n) is 12.3. The number of ether oxygens (including phenoxy) is 1. The quantitative estimate of drug-likeness (QED) is 0.805. The molecule has 0 bridgehead atoms. The van der Waals surface area contributed by atoms with Crippen molar-refractivity contribution in [3.8, 4) is 5.75 Å². The third-order valence-electron chi connectivity index (χ3n) is 3.36. The molecular weight excluding hydrogens is 278 g/mol. The molecule has 0 radical (unpaired) electrons. The number of hydrogen-bond acceptors (Lipinski definition) is 4. The van der Waals surface area contributed by atoms with Gasteiger partial charge >= 0.3 is 0 Å². The van der Waals surface area contributed by atoms with Gasteiger partial charge in [-0.25, -0.2) is 9.97 Å². The number of nitrogens with one attached hydrogen (secondary N) is 1. The highest BCUT2D eigenvalue weighted by molar-refractivity contribution is 6.11. The maximum atomic E-state index is 12.6. The summed E-state index contributed by atoms with van der Waals surface area (Å²) < 4.78 is 5.28. The SMILES string of the molecule is COc1ccc(C)cc1NC(=O)c1ncnc2ccccc12. The molecule has 5 nitrogen and oxygen atoms in total. The van der Waals surface area contributed by atoms with E-state index in [-0.39, 0.29) is 5.91 Å². The topological polar surface area (TPSA) is 64.1 Å². The highest BCUT2D eigenvalue weighted by Gasteiger charge is 2.14. The van der Waals surface area contributed by atoms with Crippen LogP contribution in [0.3, 0.4) is 0 Å². The monoisotopic (exact) mass is 293 g/mol. The molecule has 0 saturated carbocycles. The molecule has 5 heteroatoms. The number of methoxy groups -OCH3 is 1. The molecule has 0 aliphatic rings. The zero-order valence-corrected chi connectivity index (χ0v) is 12.3. The number of hydrogen-bond donors (Lipinski definition) is 1. The summed E-state index contributed by atoms with van der Waals surface area (Å²) in [4.78, 5) is 20.8. The number of carbonyl (C=O) groups is 1. The molecule has 3 rings (SSSR count). The molecule has 0 aliphatic heterocycles. The first-order valence-electron chi connectivity index (χ1n) is 6.85. The van der Waals surface area contributed by atoms with Crippen LogP contribution >= 0.6 is 0 Å². The van der Waals surface area contributed by atoms with Crippen LogP contribution in [0.5, 0.6) is 5.75 Å². The molecule has 0 fully saturated rings. The standard InChI is InChI=1S/C17H15N3O2/c1-11-7-8-15(22-2)14(9-11)20-17(21)16-12-5-3-4-6-13(12)18-10-19-16/h3-10H,1-2H3,(H,20,21). The van der Waals surface area contributed by atoms with E-state index in [2.05, 4.69) is 15.3 Å². The van der Waals surface area contributed by atoms with Crippen molar-refractivity contribution in [1.29, 1.82) is 0 Å². The minimum atomic E-state index is -0.289. The van der Waals surface area contributed by atoms with Gasteiger partial charge in [0.1, 0.15) is 17.8 Å². The lowest BCUT2D eigenvalue weighted by molar-refractivity contribution is 0.102. The fourth-order valence-electron chi connectivity index (χ4n) is 2.29. The molecule has 0 spiro atoms. The van der Waals surface area contributed by atoms with E-state index in [4.69, 9.17) is 4.74 Å². The van der Waals surface area contributed by atoms with E-state index in [1.165, 1.54) is 6.33 Å². The van der Waals surface area contributed by atoms with E-state index in [0.29, 0.717) is 22.5 Å². The van der Waals surface area contributed by atoms with Gasteiger partial charge in [-0.05, 0) is 30.7 Å². The van der Waals surface area contributed by atoms with Crippen LogP contribution in [-0.2, 0) is 0 Å². The Morgan fingerprint density at radius 2 is 1.95 bits per heavy atom. The predicted octanol–water partition coefficient (Wildman–Crippen LogP) is 3.20. The van der Waals surface area contributed by atoms with Gasteiger partial charge in [0.25, 0.3) is 5.91 Å². The average molecular weight is 293 g/mol. The summed E-state index contributed by atoms with van der Waals surface area (Å²) in [6.45, 7) is 1.95. The highest BCUT2D eigenvalue weighted by Crippen LogP contribution is 2.26. The van der Waals surface area contributed by atoms with Gasteiger partial charge in [0, 0.05) is 5.39 Å². The molecule has 1 N–H and O–H groups in total. The first-order chi connectivity index (χ1) is 10.7. The second kappa shape index (κ2) is 5.81. The number of aryl methyl sites for hydroxylation is 1. The smallest absolute Gasteiger partial charge is 0.275 e. The van der Waals surface area contributed by atoms with Crippen LogP contribution < -0.4 is 10.1 Å². The van der Waals surface area contributed by atoms with Gasteiger partial charge < -0.3 is 10.1 Å². The second-order valence-corrected chi connectivity index (χ2v) is 4.90. The Labute approximate surface area is 128 Å². The third kappa shape index (κ3) is 2.61. The first kappa shape index (κ1) is 14.0. The Kier molecular flexibility index (Phi) is 3.70. The lowest BCUT2D eigenvalue weighted by atomic mass is 10.1. The van der Waals surface area contributed by atoms with E-state index >= 15 is 0 Å². The lowest BCUT2D eigenvalue weighted by Gasteiger charge is -2.11. The molecule has 110 valence electrons. The van der Waals surface area contributed by atoms with Crippen LogP contribution in [0.15, 0.2) is 48.8 Å². The summed E-state index contributed by atoms with van der Waals surface area (Å²) in [5, 5.41) is 3.57. The number of para-hydroxylation sites is 1. The molecule has 1 aromatic heterocycles. The minimum Gasteiger partial charge on any atom is -0.495 e. The van der Waals surface area contributed by atoms with E-state index < -0.39 is 0 Å².